The summed E-state index contributed by atoms with van der Waals surface area (Å²) in [5.41, 5.74) is 0. The van der Waals surface area contributed by atoms with Crippen molar-refractivity contribution in [3.8, 4) is 0 Å². The predicted octanol–water partition coefficient (Wildman–Crippen LogP) is 1.74. The lowest BCUT2D eigenvalue weighted by atomic mass is 9.80. The Labute approximate surface area is 91.6 Å². The largest absolute Gasteiger partial charge is 0.331 e. The summed E-state index contributed by atoms with van der Waals surface area (Å²) in [4.78, 5) is 19.1. The summed E-state index contributed by atoms with van der Waals surface area (Å²) in [7, 11) is -4.02. The van der Waals surface area contributed by atoms with Crippen LogP contribution >= 0.6 is 7.60 Å². The third-order valence-electron chi connectivity index (χ3n) is 3.84. The molecule has 0 aromatic carbocycles. The predicted molar refractivity (Wildman–Crippen MR) is 59.9 cm³/mol. The van der Waals surface area contributed by atoms with Gasteiger partial charge >= 0.3 is 7.60 Å². The van der Waals surface area contributed by atoms with Crippen molar-refractivity contribution in [1.82, 2.24) is 5.32 Å². The zero-order chi connectivity index (χ0) is 11.5. The average Bonchev–Trinajstić information content (AvgIpc) is 2.20. The van der Waals surface area contributed by atoms with Crippen LogP contribution in [0.4, 0.5) is 0 Å². The summed E-state index contributed by atoms with van der Waals surface area (Å²) in [6.07, 6.45) is 2.76. The molecule has 0 saturated carbocycles. The van der Waals surface area contributed by atoms with E-state index in [1.165, 1.54) is 0 Å². The van der Waals surface area contributed by atoms with Gasteiger partial charge in [-0.05, 0) is 31.6 Å². The molecule has 1 saturated heterocycles. The van der Waals surface area contributed by atoms with Crippen molar-refractivity contribution < 1.29 is 14.4 Å². The van der Waals surface area contributed by atoms with E-state index in [0.717, 1.165) is 25.9 Å². The van der Waals surface area contributed by atoms with Gasteiger partial charge in [0.05, 0.1) is 5.16 Å². The zero-order valence-electron chi connectivity index (χ0n) is 9.52. The lowest BCUT2D eigenvalue weighted by Gasteiger charge is -2.41. The van der Waals surface area contributed by atoms with Crippen molar-refractivity contribution in [3.63, 3.8) is 0 Å². The molecule has 89 valence electrons. The molecular weight excluding hydrogens is 213 g/mol. The zero-order valence-corrected chi connectivity index (χ0v) is 10.4. The van der Waals surface area contributed by atoms with Crippen molar-refractivity contribution >= 4 is 7.60 Å². The molecular formula is C10H21NO3P. The molecule has 0 atom stereocenters. The van der Waals surface area contributed by atoms with Gasteiger partial charge in [-0.2, -0.15) is 0 Å². The average molecular weight is 234 g/mol. The van der Waals surface area contributed by atoms with Crippen LogP contribution in [-0.4, -0.2) is 28.0 Å². The quantitative estimate of drug-likeness (QED) is 0.728. The van der Waals surface area contributed by atoms with Gasteiger partial charge in [-0.1, -0.05) is 13.8 Å². The standard InChI is InChI=1S/C10H21NO3P/c1-3-10(4-2,15(12,13)14)9-5-7-11-8-6-9/h9H,3-8H2,1-2H3,(H2,12,13,14). The van der Waals surface area contributed by atoms with Crippen molar-refractivity contribution in [2.75, 3.05) is 13.1 Å². The van der Waals surface area contributed by atoms with E-state index in [9.17, 15) is 14.4 Å². The molecule has 1 aliphatic heterocycles. The van der Waals surface area contributed by atoms with E-state index in [1.807, 2.05) is 13.8 Å². The first-order chi connectivity index (χ1) is 6.98. The summed E-state index contributed by atoms with van der Waals surface area (Å²) in [5.74, 6) is 0.130. The fourth-order valence-corrected chi connectivity index (χ4v) is 4.32. The molecule has 15 heavy (non-hydrogen) atoms. The minimum atomic E-state index is -4.02. The molecule has 1 aliphatic rings. The number of piperidine rings is 1. The van der Waals surface area contributed by atoms with Gasteiger partial charge in [0.2, 0.25) is 0 Å². The number of nitrogens with zero attached hydrogens (tertiary/aromatic N) is 1. The van der Waals surface area contributed by atoms with Crippen LogP contribution < -0.4 is 5.32 Å². The lowest BCUT2D eigenvalue weighted by Crippen LogP contribution is -2.41. The van der Waals surface area contributed by atoms with Gasteiger partial charge in [-0.15, -0.1) is 0 Å². The van der Waals surface area contributed by atoms with E-state index in [-0.39, 0.29) is 5.92 Å². The maximum atomic E-state index is 11.7. The number of rotatable bonds is 4. The maximum Gasteiger partial charge on any atom is 0.331 e. The van der Waals surface area contributed by atoms with Crippen LogP contribution in [0.1, 0.15) is 39.5 Å². The van der Waals surface area contributed by atoms with E-state index < -0.39 is 12.8 Å². The summed E-state index contributed by atoms with van der Waals surface area (Å²) >= 11 is 0. The Balaban J connectivity index is 2.93. The first-order valence-electron chi connectivity index (χ1n) is 5.67. The summed E-state index contributed by atoms with van der Waals surface area (Å²) < 4.78 is 11.7. The van der Waals surface area contributed by atoms with Crippen LogP contribution in [0.5, 0.6) is 0 Å². The second-order valence-corrected chi connectivity index (χ2v) is 6.28. The summed E-state index contributed by atoms with van der Waals surface area (Å²) in [6, 6.07) is 0. The smallest absolute Gasteiger partial charge is 0.324 e. The first-order valence-corrected chi connectivity index (χ1v) is 7.28. The minimum Gasteiger partial charge on any atom is -0.324 e. The lowest BCUT2D eigenvalue weighted by molar-refractivity contribution is 0.216. The minimum absolute atomic E-state index is 0.130. The molecule has 1 radical (unpaired) electrons. The molecule has 0 bridgehead atoms. The van der Waals surface area contributed by atoms with E-state index in [4.69, 9.17) is 0 Å². The molecule has 2 N–H and O–H groups in total. The van der Waals surface area contributed by atoms with Gasteiger partial charge < -0.3 is 9.79 Å². The second kappa shape index (κ2) is 4.96. The van der Waals surface area contributed by atoms with Crippen LogP contribution in [0.15, 0.2) is 0 Å². The van der Waals surface area contributed by atoms with Gasteiger partial charge in [-0.3, -0.25) is 4.57 Å². The fourth-order valence-electron chi connectivity index (χ4n) is 2.76. The molecule has 0 aliphatic carbocycles. The van der Waals surface area contributed by atoms with Crippen LogP contribution in [0.25, 0.3) is 0 Å². The topological polar surface area (TPSA) is 71.6 Å². The molecule has 0 aromatic rings. The third kappa shape index (κ3) is 2.44. The number of hydrogen-bond donors (Lipinski definition) is 2. The highest BCUT2D eigenvalue weighted by molar-refractivity contribution is 7.53. The molecule has 0 amide bonds. The molecule has 0 aromatic heterocycles. The molecule has 0 spiro atoms. The van der Waals surface area contributed by atoms with Crippen LogP contribution in [0.2, 0.25) is 0 Å². The Bertz CT molecular complexity index is 241. The highest BCUT2D eigenvalue weighted by Crippen LogP contribution is 2.60. The maximum absolute atomic E-state index is 11.7. The summed E-state index contributed by atoms with van der Waals surface area (Å²) in [5, 5.41) is 3.44. The Kier molecular flexibility index (Phi) is 4.36. The van der Waals surface area contributed by atoms with E-state index in [2.05, 4.69) is 5.32 Å². The molecule has 0 unspecified atom stereocenters. The van der Waals surface area contributed by atoms with Crippen LogP contribution in [0.3, 0.4) is 0 Å². The van der Waals surface area contributed by atoms with Crippen molar-refractivity contribution in [1.29, 1.82) is 0 Å². The van der Waals surface area contributed by atoms with Gasteiger partial charge in [0.25, 0.3) is 0 Å². The van der Waals surface area contributed by atoms with E-state index >= 15 is 0 Å². The van der Waals surface area contributed by atoms with Gasteiger partial charge in [-0.25, -0.2) is 5.32 Å². The monoisotopic (exact) mass is 234 g/mol. The Morgan fingerprint density at radius 1 is 1.27 bits per heavy atom. The molecule has 1 heterocycles. The Morgan fingerprint density at radius 3 is 2.07 bits per heavy atom. The van der Waals surface area contributed by atoms with Crippen LogP contribution in [0, 0.1) is 5.92 Å². The molecule has 1 fully saturated rings. The highest BCUT2D eigenvalue weighted by Gasteiger charge is 2.49. The fraction of sp³-hybridized carbons (Fsp3) is 1.00. The van der Waals surface area contributed by atoms with Crippen molar-refractivity contribution in [2.24, 2.45) is 5.92 Å². The highest BCUT2D eigenvalue weighted by atomic mass is 31.2. The second-order valence-electron chi connectivity index (χ2n) is 4.30. The number of hydrogen-bond acceptors (Lipinski definition) is 1. The van der Waals surface area contributed by atoms with E-state index in [0.29, 0.717) is 12.8 Å². The normalized spacial score (nSPS) is 20.5. The Morgan fingerprint density at radius 2 is 1.73 bits per heavy atom. The Hall–Kier alpha value is 0.110. The first kappa shape index (κ1) is 13.2. The molecule has 5 heteroatoms. The van der Waals surface area contributed by atoms with Crippen LogP contribution in [-0.2, 0) is 4.57 Å². The third-order valence-corrected chi connectivity index (χ3v) is 5.99. The SMILES string of the molecule is CCC(CC)(C1CC[N]CC1)P(=O)(O)O. The van der Waals surface area contributed by atoms with Crippen molar-refractivity contribution in [2.45, 2.75) is 44.7 Å². The van der Waals surface area contributed by atoms with E-state index in [1.54, 1.807) is 0 Å². The van der Waals surface area contributed by atoms with Crippen molar-refractivity contribution in [3.05, 3.63) is 0 Å². The van der Waals surface area contributed by atoms with Gasteiger partial charge in [0.1, 0.15) is 0 Å². The molecule has 1 rings (SSSR count). The molecule has 4 nitrogen and oxygen atoms in total. The van der Waals surface area contributed by atoms with Gasteiger partial charge in [0.15, 0.2) is 0 Å². The van der Waals surface area contributed by atoms with Gasteiger partial charge in [0, 0.05) is 13.1 Å². The summed E-state index contributed by atoms with van der Waals surface area (Å²) in [6.45, 7) is 5.28.